The maximum absolute atomic E-state index is 12.5. The molecule has 0 aliphatic carbocycles. The van der Waals surface area contributed by atoms with Gasteiger partial charge in [0.2, 0.25) is 5.91 Å². The summed E-state index contributed by atoms with van der Waals surface area (Å²) in [5.41, 5.74) is 7.45. The highest BCUT2D eigenvalue weighted by Crippen LogP contribution is 2.38. The van der Waals surface area contributed by atoms with E-state index < -0.39 is 0 Å². The van der Waals surface area contributed by atoms with E-state index in [4.69, 9.17) is 5.73 Å². The second-order valence-electron chi connectivity index (χ2n) is 6.40. The molecule has 0 bridgehead atoms. The first kappa shape index (κ1) is 14.5. The maximum Gasteiger partial charge on any atom is 0.223 e. The Morgan fingerprint density at radius 1 is 1.42 bits per heavy atom. The molecule has 0 aromatic carbocycles. The molecule has 19 heavy (non-hydrogen) atoms. The Morgan fingerprint density at radius 3 is 2.63 bits per heavy atom. The lowest BCUT2D eigenvalue weighted by Crippen LogP contribution is -2.51. The molecule has 1 aliphatic heterocycles. The summed E-state index contributed by atoms with van der Waals surface area (Å²) in [6, 6.07) is 2.17. The van der Waals surface area contributed by atoms with Gasteiger partial charge in [-0.15, -0.1) is 11.3 Å². The second-order valence-corrected chi connectivity index (χ2v) is 7.35. The van der Waals surface area contributed by atoms with E-state index >= 15 is 0 Å². The van der Waals surface area contributed by atoms with E-state index in [0.717, 1.165) is 12.8 Å². The van der Waals surface area contributed by atoms with Crippen molar-refractivity contribution in [3.05, 3.63) is 21.9 Å². The quantitative estimate of drug-likeness (QED) is 0.858. The van der Waals surface area contributed by atoms with Crippen LogP contribution in [0.5, 0.6) is 0 Å². The molecular weight excluding hydrogens is 256 g/mol. The molecule has 106 valence electrons. The third-order valence-electron chi connectivity index (χ3n) is 3.77. The molecule has 2 unspecified atom stereocenters. The van der Waals surface area contributed by atoms with Gasteiger partial charge in [0.25, 0.3) is 0 Å². The predicted octanol–water partition coefficient (Wildman–Crippen LogP) is 3.24. The Kier molecular flexibility index (Phi) is 4.02. The number of likely N-dealkylation sites (tertiary alicyclic amines) is 1. The molecule has 1 fully saturated rings. The summed E-state index contributed by atoms with van der Waals surface area (Å²) >= 11 is 1.72. The van der Waals surface area contributed by atoms with Crippen LogP contribution in [-0.2, 0) is 4.79 Å². The van der Waals surface area contributed by atoms with Crippen molar-refractivity contribution in [1.82, 2.24) is 4.90 Å². The lowest BCUT2D eigenvalue weighted by molar-refractivity contribution is -0.138. The van der Waals surface area contributed by atoms with Crippen LogP contribution in [0.25, 0.3) is 0 Å². The van der Waals surface area contributed by atoms with Gasteiger partial charge < -0.3 is 10.6 Å². The Bertz CT molecular complexity index is 461. The van der Waals surface area contributed by atoms with Gasteiger partial charge in [0.1, 0.15) is 0 Å². The first-order valence-electron chi connectivity index (χ1n) is 6.94. The molecule has 2 atom stereocenters. The van der Waals surface area contributed by atoms with Crippen LogP contribution >= 0.6 is 11.3 Å². The number of carbonyl (C=O) groups excluding carboxylic acids is 1. The molecule has 0 radical (unpaired) electrons. The van der Waals surface area contributed by atoms with Crippen molar-refractivity contribution in [3.63, 3.8) is 0 Å². The first-order chi connectivity index (χ1) is 8.82. The van der Waals surface area contributed by atoms with Crippen molar-refractivity contribution >= 4 is 17.2 Å². The van der Waals surface area contributed by atoms with Gasteiger partial charge in [-0.05, 0) is 57.5 Å². The molecule has 4 heteroatoms. The molecule has 0 saturated carbocycles. The van der Waals surface area contributed by atoms with Crippen molar-refractivity contribution < 1.29 is 4.79 Å². The zero-order valence-electron chi connectivity index (χ0n) is 12.3. The number of rotatable bonds is 1. The van der Waals surface area contributed by atoms with Crippen LogP contribution in [-0.4, -0.2) is 22.4 Å². The first-order valence-corrected chi connectivity index (χ1v) is 7.82. The molecule has 2 N–H and O–H groups in total. The van der Waals surface area contributed by atoms with Gasteiger partial charge in [-0.25, -0.2) is 0 Å². The summed E-state index contributed by atoms with van der Waals surface area (Å²) in [6.07, 6.45) is 2.43. The topological polar surface area (TPSA) is 46.3 Å². The van der Waals surface area contributed by atoms with Crippen LogP contribution in [0.2, 0.25) is 0 Å². The number of hydrogen-bond donors (Lipinski definition) is 1. The number of nitrogens with two attached hydrogens (primary N) is 1. The van der Waals surface area contributed by atoms with Gasteiger partial charge in [0.15, 0.2) is 0 Å². The molecule has 1 aromatic rings. The van der Waals surface area contributed by atoms with Crippen LogP contribution in [0.4, 0.5) is 0 Å². The van der Waals surface area contributed by atoms with Crippen molar-refractivity contribution in [2.75, 3.05) is 0 Å². The van der Waals surface area contributed by atoms with E-state index in [0.29, 0.717) is 6.42 Å². The van der Waals surface area contributed by atoms with E-state index in [1.165, 1.54) is 10.4 Å². The molecule has 3 nitrogen and oxygen atoms in total. The summed E-state index contributed by atoms with van der Waals surface area (Å²) in [7, 11) is 0. The van der Waals surface area contributed by atoms with Crippen LogP contribution in [0, 0.1) is 6.92 Å². The Hall–Kier alpha value is -0.870. The van der Waals surface area contributed by atoms with Crippen molar-refractivity contribution in [3.8, 4) is 0 Å². The van der Waals surface area contributed by atoms with Gasteiger partial charge in [0, 0.05) is 22.9 Å². The number of amides is 1. The number of thiophene rings is 1. The molecular formula is C15H24N2OS. The second kappa shape index (κ2) is 5.25. The van der Waals surface area contributed by atoms with Crippen molar-refractivity contribution in [2.45, 2.75) is 64.6 Å². The number of hydrogen-bond acceptors (Lipinski definition) is 3. The lowest BCUT2D eigenvalue weighted by atomic mass is 9.95. The highest BCUT2D eigenvalue weighted by atomic mass is 32.1. The molecule has 0 spiro atoms. The van der Waals surface area contributed by atoms with Gasteiger partial charge in [-0.2, -0.15) is 0 Å². The van der Waals surface area contributed by atoms with Crippen molar-refractivity contribution in [1.29, 1.82) is 0 Å². The smallest absolute Gasteiger partial charge is 0.223 e. The summed E-state index contributed by atoms with van der Waals surface area (Å²) in [6.45, 7) is 8.39. The minimum absolute atomic E-state index is 0.0231. The Labute approximate surface area is 119 Å². The highest BCUT2D eigenvalue weighted by Gasteiger charge is 2.39. The molecule has 2 rings (SSSR count). The SMILES string of the molecule is Cc1ccsc1C1C(N)CCCC(=O)N1C(C)(C)C. The van der Waals surface area contributed by atoms with Gasteiger partial charge >= 0.3 is 0 Å². The standard InChI is InChI=1S/C15H24N2OS/c1-10-8-9-19-14(10)13-11(16)6-5-7-12(18)17(13)15(2,3)4/h8-9,11,13H,5-7,16H2,1-4H3. The van der Waals surface area contributed by atoms with Gasteiger partial charge in [0.05, 0.1) is 6.04 Å². The van der Waals surface area contributed by atoms with E-state index in [1.54, 1.807) is 11.3 Å². The lowest BCUT2D eigenvalue weighted by Gasteiger charge is -2.42. The van der Waals surface area contributed by atoms with Crippen LogP contribution in [0.3, 0.4) is 0 Å². The molecule has 1 aliphatic rings. The summed E-state index contributed by atoms with van der Waals surface area (Å²) < 4.78 is 0. The van der Waals surface area contributed by atoms with Crippen LogP contribution < -0.4 is 5.73 Å². The monoisotopic (exact) mass is 280 g/mol. The molecule has 2 heterocycles. The van der Waals surface area contributed by atoms with Crippen molar-refractivity contribution in [2.24, 2.45) is 5.73 Å². The van der Waals surface area contributed by atoms with E-state index in [2.05, 4.69) is 39.1 Å². The predicted molar refractivity (Wildman–Crippen MR) is 80.2 cm³/mol. The zero-order valence-corrected chi connectivity index (χ0v) is 13.1. The number of nitrogens with zero attached hydrogens (tertiary/aromatic N) is 1. The number of aryl methyl sites for hydroxylation is 1. The number of carbonyl (C=O) groups is 1. The maximum atomic E-state index is 12.5. The average Bonchev–Trinajstić information content (AvgIpc) is 2.62. The summed E-state index contributed by atoms with van der Waals surface area (Å²) in [4.78, 5) is 15.8. The highest BCUT2D eigenvalue weighted by molar-refractivity contribution is 7.10. The molecule has 1 aromatic heterocycles. The summed E-state index contributed by atoms with van der Waals surface area (Å²) in [5.74, 6) is 0.234. The fourth-order valence-corrected chi connectivity index (χ4v) is 4.00. The molecule has 1 amide bonds. The van der Waals surface area contributed by atoms with Crippen LogP contribution in [0.1, 0.15) is 56.5 Å². The van der Waals surface area contributed by atoms with Gasteiger partial charge in [-0.3, -0.25) is 4.79 Å². The molecule has 1 saturated heterocycles. The van der Waals surface area contributed by atoms with E-state index in [-0.39, 0.29) is 23.5 Å². The minimum atomic E-state index is -0.194. The fourth-order valence-electron chi connectivity index (χ4n) is 2.90. The third kappa shape index (κ3) is 2.84. The van der Waals surface area contributed by atoms with Crippen LogP contribution in [0.15, 0.2) is 11.4 Å². The largest absolute Gasteiger partial charge is 0.328 e. The third-order valence-corrected chi connectivity index (χ3v) is 4.86. The minimum Gasteiger partial charge on any atom is -0.328 e. The zero-order chi connectivity index (χ0) is 14.2. The van der Waals surface area contributed by atoms with E-state index in [9.17, 15) is 4.79 Å². The fraction of sp³-hybridized carbons (Fsp3) is 0.667. The van der Waals surface area contributed by atoms with E-state index in [1.807, 2.05) is 4.90 Å². The Morgan fingerprint density at radius 2 is 2.11 bits per heavy atom. The van der Waals surface area contributed by atoms with Gasteiger partial charge in [-0.1, -0.05) is 0 Å². The normalized spacial score (nSPS) is 25.5. The summed E-state index contributed by atoms with van der Waals surface area (Å²) in [5, 5.41) is 2.09. The average molecular weight is 280 g/mol. The Balaban J connectivity index is 2.49.